The van der Waals surface area contributed by atoms with E-state index >= 15 is 0 Å². The van der Waals surface area contributed by atoms with E-state index in [0.29, 0.717) is 28.5 Å². The number of nitrogens with zero attached hydrogens (tertiary/aromatic N) is 4. The van der Waals surface area contributed by atoms with Crippen LogP contribution >= 0.6 is 0 Å². The molecule has 11 nitrogen and oxygen atoms in total. The van der Waals surface area contributed by atoms with E-state index in [0.717, 1.165) is 4.31 Å². The van der Waals surface area contributed by atoms with Gasteiger partial charge in [-0.1, -0.05) is 17.3 Å². The SMILES string of the molecule is COc1ccc(CN2C=C(C(=O)OCc3nc(-c4ccc(OC)cc4)no3)C(C)=NS2(=O)=O)cc1. The van der Waals surface area contributed by atoms with Gasteiger partial charge in [0.25, 0.3) is 5.89 Å². The summed E-state index contributed by atoms with van der Waals surface area (Å²) in [6, 6.07) is 13.9. The smallest absolute Gasteiger partial charge is 0.344 e. The minimum Gasteiger partial charge on any atom is -0.497 e. The second-order valence-corrected chi connectivity index (χ2v) is 8.95. The molecule has 0 atom stereocenters. The van der Waals surface area contributed by atoms with Crippen molar-refractivity contribution in [3.63, 3.8) is 0 Å². The van der Waals surface area contributed by atoms with E-state index in [4.69, 9.17) is 18.7 Å². The minimum absolute atomic E-state index is 0.00299. The van der Waals surface area contributed by atoms with E-state index in [9.17, 15) is 13.2 Å². The Morgan fingerprint density at radius 1 is 1.00 bits per heavy atom. The Morgan fingerprint density at radius 2 is 1.63 bits per heavy atom. The molecule has 2 heterocycles. The second kappa shape index (κ2) is 9.97. The average Bonchev–Trinajstić information content (AvgIpc) is 3.33. The van der Waals surface area contributed by atoms with Gasteiger partial charge in [0.05, 0.1) is 32.0 Å². The van der Waals surface area contributed by atoms with Gasteiger partial charge >= 0.3 is 16.2 Å². The third kappa shape index (κ3) is 5.49. The average molecular weight is 499 g/mol. The molecular formula is C23H22N4O7S. The Morgan fingerprint density at radius 3 is 2.26 bits per heavy atom. The van der Waals surface area contributed by atoms with Crippen LogP contribution in [0.5, 0.6) is 11.5 Å². The fourth-order valence-corrected chi connectivity index (χ4v) is 4.29. The number of carbonyl (C=O) groups excluding carboxylic acids is 1. The van der Waals surface area contributed by atoms with Crippen LogP contribution in [0.3, 0.4) is 0 Å². The number of hydrogen-bond donors (Lipinski definition) is 0. The van der Waals surface area contributed by atoms with Crippen molar-refractivity contribution in [2.45, 2.75) is 20.1 Å². The zero-order valence-corrected chi connectivity index (χ0v) is 20.0. The number of aromatic nitrogens is 2. The molecule has 0 amide bonds. The summed E-state index contributed by atoms with van der Waals surface area (Å²) in [7, 11) is -0.891. The summed E-state index contributed by atoms with van der Waals surface area (Å²) in [5.74, 6) is 0.959. The number of ether oxygens (including phenoxy) is 3. The van der Waals surface area contributed by atoms with Gasteiger partial charge in [0.1, 0.15) is 11.5 Å². The van der Waals surface area contributed by atoms with E-state index in [1.807, 2.05) is 0 Å². The van der Waals surface area contributed by atoms with Gasteiger partial charge in [0.2, 0.25) is 5.82 Å². The Balaban J connectivity index is 1.44. The largest absolute Gasteiger partial charge is 0.497 e. The zero-order valence-electron chi connectivity index (χ0n) is 19.2. The molecule has 1 aliphatic rings. The quantitative estimate of drug-likeness (QED) is 0.430. The number of esters is 1. The number of hydrogen-bond acceptors (Lipinski definition) is 9. The molecule has 1 aromatic heterocycles. The summed E-state index contributed by atoms with van der Waals surface area (Å²) >= 11 is 0. The molecule has 182 valence electrons. The van der Waals surface area contributed by atoms with Gasteiger partial charge in [0, 0.05) is 11.8 Å². The van der Waals surface area contributed by atoms with E-state index < -0.39 is 16.2 Å². The van der Waals surface area contributed by atoms with Crippen LogP contribution in [0.4, 0.5) is 0 Å². The normalized spacial score (nSPS) is 14.7. The highest BCUT2D eigenvalue weighted by atomic mass is 32.2. The lowest BCUT2D eigenvalue weighted by Gasteiger charge is -2.23. The molecule has 4 rings (SSSR count). The van der Waals surface area contributed by atoms with E-state index in [-0.39, 0.29) is 30.3 Å². The van der Waals surface area contributed by atoms with Crippen LogP contribution in [-0.2, 0) is 32.9 Å². The summed E-state index contributed by atoms with van der Waals surface area (Å²) in [5, 5.41) is 3.88. The van der Waals surface area contributed by atoms with Crippen molar-refractivity contribution in [1.82, 2.24) is 14.4 Å². The lowest BCUT2D eigenvalue weighted by Crippen LogP contribution is -2.31. The van der Waals surface area contributed by atoms with Crippen LogP contribution in [0.2, 0.25) is 0 Å². The van der Waals surface area contributed by atoms with Gasteiger partial charge < -0.3 is 18.7 Å². The molecule has 0 N–H and O–H groups in total. The summed E-state index contributed by atoms with van der Waals surface area (Å²) in [5.41, 5.74) is 1.41. The van der Waals surface area contributed by atoms with Crippen molar-refractivity contribution in [2.24, 2.45) is 4.40 Å². The van der Waals surface area contributed by atoms with Crippen molar-refractivity contribution >= 4 is 21.9 Å². The highest BCUT2D eigenvalue weighted by molar-refractivity contribution is 7.88. The Hall–Kier alpha value is -4.19. The van der Waals surface area contributed by atoms with Crippen molar-refractivity contribution in [3.05, 3.63) is 71.8 Å². The summed E-state index contributed by atoms with van der Waals surface area (Å²) < 4.78 is 50.4. The zero-order chi connectivity index (χ0) is 25.0. The van der Waals surface area contributed by atoms with Crippen LogP contribution in [-0.4, -0.2) is 48.8 Å². The van der Waals surface area contributed by atoms with Crippen molar-refractivity contribution in [1.29, 1.82) is 0 Å². The van der Waals surface area contributed by atoms with Gasteiger partial charge in [-0.2, -0.15) is 13.4 Å². The Kier molecular flexibility index (Phi) is 6.82. The lowest BCUT2D eigenvalue weighted by molar-refractivity contribution is -0.140. The summed E-state index contributed by atoms with van der Waals surface area (Å²) in [6.07, 6.45) is 1.21. The first-order chi connectivity index (χ1) is 16.8. The second-order valence-electron chi connectivity index (χ2n) is 7.41. The third-order valence-electron chi connectivity index (χ3n) is 5.07. The van der Waals surface area contributed by atoms with Crippen LogP contribution in [0.25, 0.3) is 11.4 Å². The first-order valence-corrected chi connectivity index (χ1v) is 11.8. The predicted molar refractivity (Wildman–Crippen MR) is 125 cm³/mol. The lowest BCUT2D eigenvalue weighted by atomic mass is 10.2. The fraction of sp³-hybridized carbons (Fsp3) is 0.217. The van der Waals surface area contributed by atoms with Gasteiger partial charge in [-0.15, -0.1) is 4.40 Å². The fourth-order valence-electron chi connectivity index (χ4n) is 3.19. The highest BCUT2D eigenvalue weighted by Crippen LogP contribution is 2.23. The molecule has 0 radical (unpaired) electrons. The van der Waals surface area contributed by atoms with Gasteiger partial charge in [-0.05, 0) is 48.9 Å². The van der Waals surface area contributed by atoms with Crippen molar-refractivity contribution in [2.75, 3.05) is 14.2 Å². The molecular weight excluding hydrogens is 476 g/mol. The molecule has 0 bridgehead atoms. The maximum absolute atomic E-state index is 12.7. The molecule has 0 spiro atoms. The summed E-state index contributed by atoms with van der Waals surface area (Å²) in [4.78, 5) is 16.9. The van der Waals surface area contributed by atoms with Gasteiger partial charge in [-0.25, -0.2) is 4.79 Å². The van der Waals surface area contributed by atoms with Gasteiger partial charge in [-0.3, -0.25) is 4.31 Å². The highest BCUT2D eigenvalue weighted by Gasteiger charge is 2.29. The predicted octanol–water partition coefficient (Wildman–Crippen LogP) is 2.90. The maximum Gasteiger partial charge on any atom is 0.344 e. The van der Waals surface area contributed by atoms with Crippen LogP contribution in [0, 0.1) is 0 Å². The van der Waals surface area contributed by atoms with E-state index in [1.165, 1.54) is 20.2 Å². The molecule has 0 saturated heterocycles. The molecule has 3 aromatic rings. The third-order valence-corrected chi connectivity index (χ3v) is 6.40. The molecule has 0 fully saturated rings. The maximum atomic E-state index is 12.7. The number of carbonyl (C=O) groups is 1. The minimum atomic E-state index is -4.00. The molecule has 0 unspecified atom stereocenters. The van der Waals surface area contributed by atoms with Crippen LogP contribution in [0.15, 0.2) is 69.2 Å². The van der Waals surface area contributed by atoms with Crippen LogP contribution < -0.4 is 9.47 Å². The van der Waals surface area contributed by atoms with Crippen LogP contribution in [0.1, 0.15) is 18.4 Å². The van der Waals surface area contributed by atoms with E-state index in [1.54, 1.807) is 55.6 Å². The number of benzene rings is 2. The van der Waals surface area contributed by atoms with Crippen molar-refractivity contribution in [3.8, 4) is 22.9 Å². The first kappa shape index (κ1) is 24.0. The number of rotatable bonds is 8. The number of methoxy groups -OCH3 is 2. The molecule has 1 aliphatic heterocycles. The van der Waals surface area contributed by atoms with E-state index in [2.05, 4.69) is 14.5 Å². The Bertz CT molecular complexity index is 1380. The topological polar surface area (TPSA) is 133 Å². The Labute approximate surface area is 201 Å². The molecule has 0 saturated carbocycles. The first-order valence-electron chi connectivity index (χ1n) is 10.4. The monoisotopic (exact) mass is 498 g/mol. The standard InChI is InChI=1S/C23H22N4O7S/c1-15-20(13-27(35(29,30)26-15)12-16-4-8-18(31-2)9-5-16)23(28)33-14-21-24-22(25-34-21)17-6-10-19(32-3)11-7-17/h4-11,13H,12,14H2,1-3H3. The molecule has 12 heteroatoms. The van der Waals surface area contributed by atoms with Crippen molar-refractivity contribution < 1.29 is 31.9 Å². The van der Waals surface area contributed by atoms with Gasteiger partial charge in [0.15, 0.2) is 6.61 Å². The summed E-state index contributed by atoms with van der Waals surface area (Å²) in [6.45, 7) is 1.11. The molecule has 0 aliphatic carbocycles. The molecule has 2 aromatic carbocycles. The molecule has 35 heavy (non-hydrogen) atoms.